The zero-order chi connectivity index (χ0) is 39.3. The molecule has 1 unspecified atom stereocenters. The molecule has 56 heavy (non-hydrogen) atoms. The van der Waals surface area contributed by atoms with Crippen molar-refractivity contribution in [2.75, 3.05) is 49.9 Å². The van der Waals surface area contributed by atoms with Crippen molar-refractivity contribution in [3.8, 4) is 0 Å². The maximum Gasteiger partial charge on any atom is 0.264 e. The van der Waals surface area contributed by atoms with E-state index >= 15 is 0 Å². The number of benzene rings is 1. The molecule has 6 amide bonds. The Morgan fingerprint density at radius 2 is 1.68 bits per heavy atom. The number of piperidine rings is 1. The maximum atomic E-state index is 13.3. The van der Waals surface area contributed by atoms with Gasteiger partial charge in [-0.25, -0.2) is 9.50 Å². The molecular weight excluding hydrogens is 717 g/mol. The molecule has 16 nitrogen and oxygen atoms in total. The van der Waals surface area contributed by atoms with Gasteiger partial charge in [-0.1, -0.05) is 19.9 Å². The van der Waals surface area contributed by atoms with Crippen molar-refractivity contribution in [3.05, 3.63) is 53.5 Å². The number of amides is 6. The van der Waals surface area contributed by atoms with Crippen LogP contribution in [0.25, 0.3) is 5.52 Å². The molecule has 2 saturated heterocycles. The zero-order valence-corrected chi connectivity index (χ0v) is 32.2. The summed E-state index contributed by atoms with van der Waals surface area (Å²) in [6.45, 7) is 8.36. The van der Waals surface area contributed by atoms with Crippen molar-refractivity contribution in [3.63, 3.8) is 0 Å². The second kappa shape index (κ2) is 17.2. The average Bonchev–Trinajstić information content (AvgIpc) is 3.75. The summed E-state index contributed by atoms with van der Waals surface area (Å²) in [5, 5.41) is 16.4. The third kappa shape index (κ3) is 8.39. The Labute approximate surface area is 326 Å². The van der Waals surface area contributed by atoms with E-state index in [0.29, 0.717) is 62.7 Å². The minimum Gasteiger partial charge on any atom is -0.384 e. The third-order valence-electron chi connectivity index (χ3n) is 11.6. The molecule has 3 fully saturated rings. The first-order chi connectivity index (χ1) is 27.1. The average molecular weight is 769 g/mol. The molecule has 2 aromatic heterocycles. The van der Waals surface area contributed by atoms with Crippen molar-refractivity contribution < 1.29 is 28.8 Å². The van der Waals surface area contributed by atoms with Gasteiger partial charge < -0.3 is 20.9 Å². The number of imide groups is 2. The Kier molecular flexibility index (Phi) is 11.9. The van der Waals surface area contributed by atoms with Gasteiger partial charge >= 0.3 is 0 Å². The predicted molar refractivity (Wildman–Crippen MR) is 208 cm³/mol. The van der Waals surface area contributed by atoms with Crippen molar-refractivity contribution in [1.29, 1.82) is 0 Å². The lowest BCUT2D eigenvalue weighted by atomic mass is 9.89. The van der Waals surface area contributed by atoms with E-state index in [9.17, 15) is 28.8 Å². The Morgan fingerprint density at radius 1 is 0.911 bits per heavy atom. The van der Waals surface area contributed by atoms with E-state index in [-0.39, 0.29) is 48.6 Å². The second-order valence-corrected chi connectivity index (χ2v) is 15.6. The number of nitrogens with zero attached hydrogens (tertiary/aromatic N) is 6. The fraction of sp³-hybridized carbons (Fsp3) is 0.550. The summed E-state index contributed by atoms with van der Waals surface area (Å²) in [7, 11) is 0. The summed E-state index contributed by atoms with van der Waals surface area (Å²) in [4.78, 5) is 85.7. The third-order valence-corrected chi connectivity index (χ3v) is 11.6. The van der Waals surface area contributed by atoms with E-state index in [1.54, 1.807) is 24.5 Å². The number of carbonyl (C=O) groups excluding carboxylic acids is 6. The number of hydrogen-bond donors (Lipinski definition) is 4. The van der Waals surface area contributed by atoms with Gasteiger partial charge in [0, 0.05) is 82.5 Å². The molecule has 0 spiro atoms. The molecule has 3 aromatic rings. The van der Waals surface area contributed by atoms with Gasteiger partial charge in [0.15, 0.2) is 5.82 Å². The number of carbonyl (C=O) groups is 6. The highest BCUT2D eigenvalue weighted by molar-refractivity contribution is 6.25. The number of nitrogens with one attached hydrogen (secondary N) is 4. The lowest BCUT2D eigenvalue weighted by Gasteiger charge is -2.42. The van der Waals surface area contributed by atoms with E-state index in [1.165, 1.54) is 5.56 Å². The highest BCUT2D eigenvalue weighted by atomic mass is 16.2. The fourth-order valence-corrected chi connectivity index (χ4v) is 8.50. The standard InChI is InChI=1S/C40H52N10O6/c1-25(2)28-16-19-49-36(28)37(43-24-44-49)45-26-8-10-27(11-9-26)47-20-22-48(23-21-47)34(53)15-14-32(51)42-18-4-3-17-41-30-7-5-6-29-35(30)40(56)50(39(29)55)31-12-13-33(52)46-38(31)54/h5-7,16,19,24-27,31,41H,3-4,8-15,17-18,20-23H2,1-2H3,(H,42,51)(H,43,44,45)(H,46,52,54). The van der Waals surface area contributed by atoms with Gasteiger partial charge in [0.25, 0.3) is 11.8 Å². The van der Waals surface area contributed by atoms with Gasteiger partial charge in [-0.15, -0.1) is 0 Å². The summed E-state index contributed by atoms with van der Waals surface area (Å²) in [5.41, 5.74) is 3.24. The van der Waals surface area contributed by atoms with Gasteiger partial charge in [-0.05, 0) is 74.6 Å². The van der Waals surface area contributed by atoms with Crippen LogP contribution in [0.3, 0.4) is 0 Å². The largest absolute Gasteiger partial charge is 0.384 e. The summed E-state index contributed by atoms with van der Waals surface area (Å²) in [5.74, 6) is -1.03. The van der Waals surface area contributed by atoms with E-state index in [4.69, 9.17) is 0 Å². The number of fused-ring (bicyclic) bond motifs is 2. The molecule has 1 saturated carbocycles. The van der Waals surface area contributed by atoms with Crippen LogP contribution in [0.15, 0.2) is 36.8 Å². The van der Waals surface area contributed by atoms with E-state index in [1.807, 2.05) is 15.6 Å². The first-order valence-corrected chi connectivity index (χ1v) is 20.0. The molecule has 0 bridgehead atoms. The molecule has 0 radical (unpaired) electrons. The highest BCUT2D eigenvalue weighted by Gasteiger charge is 2.45. The number of unbranched alkanes of at least 4 members (excludes halogenated alkanes) is 1. The Bertz CT molecular complexity index is 1980. The van der Waals surface area contributed by atoms with Gasteiger partial charge in [-0.2, -0.15) is 5.10 Å². The van der Waals surface area contributed by atoms with E-state index < -0.39 is 29.7 Å². The lowest BCUT2D eigenvalue weighted by Crippen LogP contribution is -2.54. The quantitative estimate of drug-likeness (QED) is 0.139. The van der Waals surface area contributed by atoms with Crippen LogP contribution in [0.5, 0.6) is 0 Å². The van der Waals surface area contributed by atoms with Crippen molar-refractivity contribution in [1.82, 2.24) is 39.9 Å². The maximum absolute atomic E-state index is 13.3. The molecule has 298 valence electrons. The fourth-order valence-electron chi connectivity index (χ4n) is 8.50. The molecule has 16 heteroatoms. The smallest absolute Gasteiger partial charge is 0.264 e. The Hall–Kier alpha value is -5.38. The minimum atomic E-state index is -1.02. The first-order valence-electron chi connectivity index (χ1n) is 20.0. The topological polar surface area (TPSA) is 190 Å². The van der Waals surface area contributed by atoms with Crippen molar-refractivity contribution in [2.24, 2.45) is 0 Å². The van der Waals surface area contributed by atoms with Crippen molar-refractivity contribution >= 4 is 52.5 Å². The summed E-state index contributed by atoms with van der Waals surface area (Å²) in [6, 6.07) is 6.92. The van der Waals surface area contributed by atoms with Crippen LogP contribution >= 0.6 is 0 Å². The molecule has 1 aromatic carbocycles. The zero-order valence-electron chi connectivity index (χ0n) is 32.2. The normalized spacial score (nSPS) is 21.7. The molecule has 1 aliphatic carbocycles. The summed E-state index contributed by atoms with van der Waals surface area (Å²) in [6.07, 6.45) is 9.77. The number of anilines is 2. The van der Waals surface area contributed by atoms with Crippen LogP contribution in [0.1, 0.15) is 110 Å². The van der Waals surface area contributed by atoms with Crippen molar-refractivity contribution in [2.45, 2.75) is 102 Å². The molecule has 7 rings (SSSR count). The molecule has 4 N–H and O–H groups in total. The van der Waals surface area contributed by atoms with Crippen LogP contribution in [0.2, 0.25) is 0 Å². The molecule has 4 aliphatic rings. The van der Waals surface area contributed by atoms with Crippen LogP contribution in [0, 0.1) is 0 Å². The van der Waals surface area contributed by atoms with Gasteiger partial charge in [0.2, 0.25) is 23.6 Å². The van der Waals surface area contributed by atoms with Gasteiger partial charge in [-0.3, -0.25) is 43.9 Å². The van der Waals surface area contributed by atoms with E-state index in [2.05, 4.69) is 56.2 Å². The number of rotatable bonds is 14. The summed E-state index contributed by atoms with van der Waals surface area (Å²) < 4.78 is 1.91. The molecule has 3 aliphatic heterocycles. The lowest BCUT2D eigenvalue weighted by molar-refractivity contribution is -0.136. The van der Waals surface area contributed by atoms with Crippen LogP contribution < -0.4 is 21.3 Å². The van der Waals surface area contributed by atoms with Crippen LogP contribution in [0.4, 0.5) is 11.5 Å². The van der Waals surface area contributed by atoms with Crippen LogP contribution in [-0.2, 0) is 19.2 Å². The Balaban J connectivity index is 0.764. The monoisotopic (exact) mass is 768 g/mol. The summed E-state index contributed by atoms with van der Waals surface area (Å²) >= 11 is 0. The van der Waals surface area contributed by atoms with Gasteiger partial charge in [0.05, 0.1) is 11.1 Å². The van der Waals surface area contributed by atoms with Gasteiger partial charge in [0.1, 0.15) is 17.9 Å². The van der Waals surface area contributed by atoms with E-state index in [0.717, 1.165) is 55.0 Å². The van der Waals surface area contributed by atoms with Crippen LogP contribution in [-0.4, -0.2) is 122 Å². The molecular formula is C40H52N10O6. The Morgan fingerprint density at radius 3 is 2.43 bits per heavy atom. The first kappa shape index (κ1) is 38.9. The number of aromatic nitrogens is 3. The SMILES string of the molecule is CC(C)c1ccn2ncnc(NC3CCC(N4CCN(C(=O)CCC(=O)NCCCCNc5cccc6c5C(=O)N(C5CCC(=O)NC5=O)C6=O)CC4)CC3)c12. The minimum absolute atomic E-state index is 0.0128. The highest BCUT2D eigenvalue weighted by Crippen LogP contribution is 2.33. The number of piperazine rings is 1. The number of hydrogen-bond acceptors (Lipinski definition) is 11. The molecule has 5 heterocycles. The predicted octanol–water partition coefficient (Wildman–Crippen LogP) is 2.91. The molecule has 1 atom stereocenters. The second-order valence-electron chi connectivity index (χ2n) is 15.6.